The van der Waals surface area contributed by atoms with Gasteiger partial charge in [-0.15, -0.1) is 0 Å². The van der Waals surface area contributed by atoms with Crippen molar-refractivity contribution in [3.05, 3.63) is 83.3 Å². The number of nitrogens with zero attached hydrogens (tertiary/aromatic N) is 1. The molecule has 1 aromatic heterocycles. The van der Waals surface area contributed by atoms with Crippen molar-refractivity contribution in [2.24, 2.45) is 0 Å². The summed E-state index contributed by atoms with van der Waals surface area (Å²) in [6, 6.07) is 15.0. The summed E-state index contributed by atoms with van der Waals surface area (Å²) in [5.41, 5.74) is 2.87. The highest BCUT2D eigenvalue weighted by Gasteiger charge is 2.34. The van der Waals surface area contributed by atoms with Gasteiger partial charge >= 0.3 is 0 Å². The topological polar surface area (TPSA) is 109 Å². The normalized spacial score (nSPS) is 12.6. The number of rotatable bonds is 7. The molecule has 0 bridgehead atoms. The summed E-state index contributed by atoms with van der Waals surface area (Å²) >= 11 is 0. The number of hydrogen-bond donors (Lipinski definition) is 2. The third-order valence-electron chi connectivity index (χ3n) is 5.08. The molecule has 0 saturated heterocycles. The number of hydrogen-bond acceptors (Lipinski definition) is 5. The fourth-order valence-electron chi connectivity index (χ4n) is 3.47. The maximum Gasteiger partial charge on any atom is 0.291 e. The molecule has 2 aromatic carbocycles. The van der Waals surface area contributed by atoms with Crippen LogP contribution in [0.25, 0.3) is 0 Å². The summed E-state index contributed by atoms with van der Waals surface area (Å²) < 4.78 is 5.04. The first-order valence-electron chi connectivity index (χ1n) is 10.1. The van der Waals surface area contributed by atoms with E-state index < -0.39 is 0 Å². The van der Waals surface area contributed by atoms with E-state index in [4.69, 9.17) is 4.42 Å². The molecule has 0 saturated carbocycles. The van der Waals surface area contributed by atoms with Gasteiger partial charge in [-0.1, -0.05) is 11.6 Å². The van der Waals surface area contributed by atoms with Crippen LogP contribution in [-0.2, 0) is 4.79 Å². The third-order valence-corrected chi connectivity index (χ3v) is 5.08. The summed E-state index contributed by atoms with van der Waals surface area (Å²) in [6.07, 6.45) is 1.93. The highest BCUT2D eigenvalue weighted by atomic mass is 16.3. The van der Waals surface area contributed by atoms with Gasteiger partial charge in [0.05, 0.1) is 17.4 Å². The van der Waals surface area contributed by atoms with E-state index in [2.05, 4.69) is 10.6 Å². The molecular weight excluding hydrogens is 410 g/mol. The predicted octanol–water partition coefficient (Wildman–Crippen LogP) is 3.86. The van der Waals surface area contributed by atoms with Crippen LogP contribution >= 0.6 is 0 Å². The van der Waals surface area contributed by atoms with E-state index in [1.807, 2.05) is 6.92 Å². The Morgan fingerprint density at radius 3 is 2.28 bits per heavy atom. The number of furan rings is 1. The maximum atomic E-state index is 12.5. The van der Waals surface area contributed by atoms with Crippen molar-refractivity contribution < 1.29 is 23.6 Å². The lowest BCUT2D eigenvalue weighted by molar-refractivity contribution is -0.116. The molecule has 2 N–H and O–H groups in total. The standard InChI is InChI=1S/C24H21N3O5/c1-15-6-11-18-19(14-15)24(31)27(23(18)30)12-2-5-21(28)25-16-7-9-17(10-8-16)26-22(29)20-4-3-13-32-20/h3-4,6-11,13-14H,2,5,12H2,1H3,(H,25,28)(H,26,29). The molecule has 8 heteroatoms. The molecule has 32 heavy (non-hydrogen) atoms. The Kier molecular flexibility index (Phi) is 5.85. The molecule has 0 aliphatic carbocycles. The fraction of sp³-hybridized carbons (Fsp3) is 0.167. The lowest BCUT2D eigenvalue weighted by Crippen LogP contribution is -2.31. The van der Waals surface area contributed by atoms with Crippen LogP contribution in [0, 0.1) is 6.92 Å². The van der Waals surface area contributed by atoms with Gasteiger partial charge in [0.15, 0.2) is 5.76 Å². The molecule has 0 atom stereocenters. The smallest absolute Gasteiger partial charge is 0.291 e. The first-order valence-corrected chi connectivity index (χ1v) is 10.1. The van der Waals surface area contributed by atoms with Gasteiger partial charge in [-0.05, 0) is 61.9 Å². The van der Waals surface area contributed by atoms with Crippen molar-refractivity contribution >= 4 is 35.0 Å². The minimum atomic E-state index is -0.366. The monoisotopic (exact) mass is 431 g/mol. The van der Waals surface area contributed by atoms with Gasteiger partial charge in [0.2, 0.25) is 5.91 Å². The Morgan fingerprint density at radius 2 is 1.59 bits per heavy atom. The number of imide groups is 1. The summed E-state index contributed by atoms with van der Waals surface area (Å²) in [7, 11) is 0. The number of amides is 4. The van der Waals surface area contributed by atoms with E-state index in [1.165, 1.54) is 11.2 Å². The molecule has 1 aliphatic heterocycles. The van der Waals surface area contributed by atoms with Crippen molar-refractivity contribution in [3.63, 3.8) is 0 Å². The van der Waals surface area contributed by atoms with Crippen LogP contribution in [0.3, 0.4) is 0 Å². The maximum absolute atomic E-state index is 12.5. The predicted molar refractivity (Wildman–Crippen MR) is 118 cm³/mol. The summed E-state index contributed by atoms with van der Waals surface area (Å²) in [6.45, 7) is 2.04. The van der Waals surface area contributed by atoms with Gasteiger partial charge in [0.1, 0.15) is 0 Å². The number of benzene rings is 2. The highest BCUT2D eigenvalue weighted by molar-refractivity contribution is 6.21. The molecule has 8 nitrogen and oxygen atoms in total. The van der Waals surface area contributed by atoms with Crippen molar-refractivity contribution in [2.75, 3.05) is 17.2 Å². The van der Waals surface area contributed by atoms with Crippen LogP contribution < -0.4 is 10.6 Å². The van der Waals surface area contributed by atoms with Gasteiger partial charge in [0, 0.05) is 24.3 Å². The van der Waals surface area contributed by atoms with Crippen molar-refractivity contribution in [2.45, 2.75) is 19.8 Å². The van der Waals surface area contributed by atoms with E-state index in [0.29, 0.717) is 28.9 Å². The van der Waals surface area contributed by atoms with Crippen LogP contribution in [0.15, 0.2) is 65.3 Å². The third kappa shape index (κ3) is 4.44. The van der Waals surface area contributed by atoms with E-state index in [-0.39, 0.29) is 42.4 Å². The number of aryl methyl sites for hydroxylation is 1. The van der Waals surface area contributed by atoms with E-state index in [1.54, 1.807) is 54.6 Å². The Bertz CT molecular complexity index is 1180. The second-order valence-electron chi connectivity index (χ2n) is 7.47. The minimum absolute atomic E-state index is 0.156. The molecule has 3 aromatic rings. The largest absolute Gasteiger partial charge is 0.459 e. The SMILES string of the molecule is Cc1ccc2c(c1)C(=O)N(CCCC(=O)Nc1ccc(NC(=O)c3ccco3)cc1)C2=O. The average molecular weight is 431 g/mol. The van der Waals surface area contributed by atoms with Crippen LogP contribution in [0.5, 0.6) is 0 Å². The Hall–Kier alpha value is -4.20. The highest BCUT2D eigenvalue weighted by Crippen LogP contribution is 2.24. The zero-order valence-corrected chi connectivity index (χ0v) is 17.4. The van der Waals surface area contributed by atoms with Crippen molar-refractivity contribution in [3.8, 4) is 0 Å². The first-order chi connectivity index (χ1) is 15.4. The molecule has 4 rings (SSSR count). The van der Waals surface area contributed by atoms with E-state index in [9.17, 15) is 19.2 Å². The lowest BCUT2D eigenvalue weighted by Gasteiger charge is -2.13. The summed E-state index contributed by atoms with van der Waals surface area (Å²) in [5, 5.41) is 5.46. The first kappa shape index (κ1) is 21.0. The molecule has 0 spiro atoms. The molecule has 1 aliphatic rings. The summed E-state index contributed by atoms with van der Waals surface area (Å²) in [5.74, 6) is -1.03. The van der Waals surface area contributed by atoms with Crippen LogP contribution in [-0.4, -0.2) is 35.1 Å². The number of anilines is 2. The van der Waals surface area contributed by atoms with Crippen LogP contribution in [0.2, 0.25) is 0 Å². The van der Waals surface area contributed by atoms with Gasteiger partial charge in [-0.25, -0.2) is 0 Å². The number of carbonyl (C=O) groups is 4. The molecule has 162 valence electrons. The van der Waals surface area contributed by atoms with Crippen LogP contribution in [0.4, 0.5) is 11.4 Å². The minimum Gasteiger partial charge on any atom is -0.459 e. The number of carbonyl (C=O) groups excluding carboxylic acids is 4. The van der Waals surface area contributed by atoms with Gasteiger partial charge in [-0.2, -0.15) is 0 Å². The Morgan fingerprint density at radius 1 is 0.906 bits per heavy atom. The average Bonchev–Trinajstić information content (AvgIpc) is 3.39. The van der Waals surface area contributed by atoms with Crippen LogP contribution in [0.1, 0.15) is 49.7 Å². The lowest BCUT2D eigenvalue weighted by atomic mass is 10.1. The van der Waals surface area contributed by atoms with Gasteiger partial charge in [-0.3, -0.25) is 24.1 Å². The van der Waals surface area contributed by atoms with E-state index in [0.717, 1.165) is 5.56 Å². The quantitative estimate of drug-likeness (QED) is 0.552. The molecule has 0 unspecified atom stereocenters. The van der Waals surface area contributed by atoms with Crippen molar-refractivity contribution in [1.82, 2.24) is 4.90 Å². The van der Waals surface area contributed by atoms with Gasteiger partial charge in [0.25, 0.3) is 17.7 Å². The zero-order valence-electron chi connectivity index (χ0n) is 17.4. The molecule has 2 heterocycles. The molecular formula is C24H21N3O5. The van der Waals surface area contributed by atoms with E-state index >= 15 is 0 Å². The zero-order chi connectivity index (χ0) is 22.7. The molecule has 0 fully saturated rings. The van der Waals surface area contributed by atoms with Gasteiger partial charge < -0.3 is 15.1 Å². The Labute approximate surface area is 184 Å². The summed E-state index contributed by atoms with van der Waals surface area (Å²) in [4.78, 5) is 50.3. The number of fused-ring (bicyclic) bond motifs is 1. The fourth-order valence-corrected chi connectivity index (χ4v) is 3.47. The molecule has 4 amide bonds. The second kappa shape index (κ2) is 8.89. The Balaban J connectivity index is 1.25. The molecule has 0 radical (unpaired) electrons. The number of nitrogens with one attached hydrogen (secondary N) is 2. The second-order valence-corrected chi connectivity index (χ2v) is 7.47. The van der Waals surface area contributed by atoms with Crippen molar-refractivity contribution in [1.29, 1.82) is 0 Å².